The highest BCUT2D eigenvalue weighted by Crippen LogP contribution is 2.34. The molecule has 0 radical (unpaired) electrons. The first-order valence-corrected chi connectivity index (χ1v) is 12.4. The molecule has 0 spiro atoms. The molecule has 0 atom stereocenters. The van der Waals surface area contributed by atoms with Crippen LogP contribution in [0.25, 0.3) is 10.2 Å². The van der Waals surface area contributed by atoms with E-state index >= 15 is 0 Å². The van der Waals surface area contributed by atoms with Crippen LogP contribution in [0, 0.1) is 0 Å². The normalized spacial score (nSPS) is 15.4. The molecule has 1 aliphatic heterocycles. The van der Waals surface area contributed by atoms with Crippen LogP contribution in [0.2, 0.25) is 0 Å². The number of carbonyl (C=O) groups is 1. The van der Waals surface area contributed by atoms with Gasteiger partial charge in [-0.1, -0.05) is 12.1 Å². The second-order valence-electron chi connectivity index (χ2n) is 7.42. The second-order valence-corrected chi connectivity index (χ2v) is 10.6. The van der Waals surface area contributed by atoms with E-state index in [0.29, 0.717) is 24.8 Å². The van der Waals surface area contributed by atoms with E-state index in [1.807, 2.05) is 18.2 Å². The molecule has 2 aromatic carbocycles. The molecule has 1 saturated heterocycles. The number of piperidine rings is 1. The van der Waals surface area contributed by atoms with Crippen LogP contribution in [0.5, 0.6) is 5.75 Å². The summed E-state index contributed by atoms with van der Waals surface area (Å²) in [6.07, 6.45) is 1.72. The number of carbonyl (C=O) groups excluding carboxylic acids is 1. The van der Waals surface area contributed by atoms with E-state index in [2.05, 4.69) is 6.07 Å². The molecular weight excluding hydrogens is 420 g/mol. The fourth-order valence-corrected chi connectivity index (χ4v) is 6.09. The summed E-state index contributed by atoms with van der Waals surface area (Å²) in [5.41, 5.74) is 1.03. The molecule has 0 bridgehead atoms. The number of likely N-dealkylation sites (tertiary alicyclic amines) is 1. The van der Waals surface area contributed by atoms with Crippen molar-refractivity contribution in [3.63, 3.8) is 0 Å². The summed E-state index contributed by atoms with van der Waals surface area (Å²) < 4.78 is 31.3. The Hall–Kier alpha value is -2.45. The Bertz CT molecular complexity index is 1100. The molecule has 158 valence electrons. The first-order valence-electron chi connectivity index (χ1n) is 9.96. The number of hydrogen-bond acceptors (Lipinski definition) is 6. The fourth-order valence-electron chi connectivity index (χ4n) is 3.72. The summed E-state index contributed by atoms with van der Waals surface area (Å²) in [5.74, 6) is 0.668. The molecule has 1 amide bonds. The van der Waals surface area contributed by atoms with Crippen molar-refractivity contribution in [1.82, 2.24) is 9.88 Å². The molecular formula is C22H24N2O4S2. The quantitative estimate of drug-likeness (QED) is 0.577. The lowest BCUT2D eigenvalue weighted by Crippen LogP contribution is -2.38. The zero-order valence-corrected chi connectivity index (χ0v) is 18.4. The zero-order valence-electron chi connectivity index (χ0n) is 16.8. The number of hydrogen-bond donors (Lipinski definition) is 0. The summed E-state index contributed by atoms with van der Waals surface area (Å²) in [7, 11) is -1.97. The molecule has 0 saturated carbocycles. The summed E-state index contributed by atoms with van der Waals surface area (Å²) in [4.78, 5) is 19.3. The Balaban J connectivity index is 1.31. The number of fused-ring (bicyclic) bond motifs is 1. The Kier molecular flexibility index (Phi) is 6.06. The van der Waals surface area contributed by atoms with Crippen molar-refractivity contribution in [3.8, 4) is 5.75 Å². The molecule has 0 N–H and O–H groups in total. The number of sulfone groups is 1. The average molecular weight is 445 g/mol. The third kappa shape index (κ3) is 4.49. The molecule has 1 aliphatic rings. The van der Waals surface area contributed by atoms with E-state index in [-0.39, 0.29) is 23.0 Å². The largest absolute Gasteiger partial charge is 0.497 e. The van der Waals surface area contributed by atoms with Crippen LogP contribution >= 0.6 is 11.3 Å². The first kappa shape index (κ1) is 20.8. The highest BCUT2D eigenvalue weighted by Gasteiger charge is 2.27. The van der Waals surface area contributed by atoms with E-state index in [4.69, 9.17) is 9.72 Å². The van der Waals surface area contributed by atoms with Crippen LogP contribution in [-0.4, -0.2) is 50.2 Å². The molecule has 3 aromatic rings. The van der Waals surface area contributed by atoms with Crippen molar-refractivity contribution in [2.24, 2.45) is 0 Å². The van der Waals surface area contributed by atoms with Crippen LogP contribution in [0.1, 0.15) is 30.2 Å². The number of para-hydroxylation sites is 1. The minimum absolute atomic E-state index is 0.000166. The van der Waals surface area contributed by atoms with Gasteiger partial charge in [0.05, 0.1) is 33.0 Å². The highest BCUT2D eigenvalue weighted by atomic mass is 32.2. The van der Waals surface area contributed by atoms with Crippen molar-refractivity contribution in [3.05, 3.63) is 53.5 Å². The molecule has 30 heavy (non-hydrogen) atoms. The Morgan fingerprint density at radius 1 is 1.13 bits per heavy atom. The Morgan fingerprint density at radius 3 is 2.50 bits per heavy atom. The van der Waals surface area contributed by atoms with Gasteiger partial charge in [0.25, 0.3) is 0 Å². The second kappa shape index (κ2) is 8.73. The number of rotatable bonds is 6. The van der Waals surface area contributed by atoms with Gasteiger partial charge in [-0.15, -0.1) is 11.3 Å². The van der Waals surface area contributed by atoms with Crippen molar-refractivity contribution < 1.29 is 17.9 Å². The molecule has 6 nitrogen and oxygen atoms in total. The van der Waals surface area contributed by atoms with E-state index < -0.39 is 9.84 Å². The van der Waals surface area contributed by atoms with Gasteiger partial charge in [-0.3, -0.25) is 4.79 Å². The van der Waals surface area contributed by atoms with Gasteiger partial charge in [0, 0.05) is 25.4 Å². The standard InChI is InChI=1S/C22H24N2O4S2/c1-28-17-6-8-18(9-7-17)30(26,27)15-12-21(25)24-13-10-16(11-14-24)22-23-19-4-2-3-5-20(19)29-22/h2-9,16H,10-15H2,1H3. The van der Waals surface area contributed by atoms with Crippen LogP contribution < -0.4 is 4.74 Å². The van der Waals surface area contributed by atoms with E-state index in [1.54, 1.807) is 28.4 Å². The van der Waals surface area contributed by atoms with Crippen LogP contribution in [-0.2, 0) is 14.6 Å². The number of benzene rings is 2. The number of methoxy groups -OCH3 is 1. The minimum atomic E-state index is -3.50. The lowest BCUT2D eigenvalue weighted by Gasteiger charge is -2.31. The maximum Gasteiger partial charge on any atom is 0.223 e. The number of ether oxygens (including phenoxy) is 1. The van der Waals surface area contributed by atoms with Crippen LogP contribution in [0.3, 0.4) is 0 Å². The smallest absolute Gasteiger partial charge is 0.223 e. The molecule has 1 fully saturated rings. The summed E-state index contributed by atoms with van der Waals surface area (Å²) in [6.45, 7) is 1.28. The van der Waals surface area contributed by atoms with Crippen molar-refractivity contribution in [1.29, 1.82) is 0 Å². The van der Waals surface area contributed by atoms with Gasteiger partial charge in [-0.05, 0) is 49.2 Å². The van der Waals surface area contributed by atoms with Gasteiger partial charge in [-0.25, -0.2) is 13.4 Å². The van der Waals surface area contributed by atoms with Crippen molar-refractivity contribution >= 4 is 37.3 Å². The summed E-state index contributed by atoms with van der Waals surface area (Å²) in [6, 6.07) is 14.4. The molecule has 2 heterocycles. The van der Waals surface area contributed by atoms with Crippen molar-refractivity contribution in [2.75, 3.05) is 26.0 Å². The van der Waals surface area contributed by atoms with Gasteiger partial charge in [0.1, 0.15) is 5.75 Å². The lowest BCUT2D eigenvalue weighted by atomic mass is 9.97. The maximum absolute atomic E-state index is 12.6. The van der Waals surface area contributed by atoms with Gasteiger partial charge >= 0.3 is 0 Å². The Morgan fingerprint density at radius 2 is 1.83 bits per heavy atom. The fraction of sp³-hybridized carbons (Fsp3) is 0.364. The van der Waals surface area contributed by atoms with Crippen LogP contribution in [0.15, 0.2) is 53.4 Å². The average Bonchev–Trinajstić information content (AvgIpc) is 3.22. The number of thiazole rings is 1. The van der Waals surface area contributed by atoms with Gasteiger partial charge in [0.2, 0.25) is 5.91 Å². The molecule has 1 aromatic heterocycles. The van der Waals surface area contributed by atoms with Gasteiger partial charge in [0.15, 0.2) is 9.84 Å². The third-order valence-corrected chi connectivity index (χ3v) is 8.44. The first-order chi connectivity index (χ1) is 14.5. The van der Waals surface area contributed by atoms with Gasteiger partial charge in [-0.2, -0.15) is 0 Å². The summed E-state index contributed by atoms with van der Waals surface area (Å²) >= 11 is 1.72. The van der Waals surface area contributed by atoms with Gasteiger partial charge < -0.3 is 9.64 Å². The van der Waals surface area contributed by atoms with Crippen LogP contribution in [0.4, 0.5) is 0 Å². The zero-order chi connectivity index (χ0) is 21.1. The lowest BCUT2D eigenvalue weighted by molar-refractivity contribution is -0.131. The van der Waals surface area contributed by atoms with E-state index in [1.165, 1.54) is 23.9 Å². The highest BCUT2D eigenvalue weighted by molar-refractivity contribution is 7.91. The number of nitrogens with zero attached hydrogens (tertiary/aromatic N) is 2. The number of aromatic nitrogens is 1. The van der Waals surface area contributed by atoms with Crippen molar-refractivity contribution in [2.45, 2.75) is 30.1 Å². The molecule has 0 unspecified atom stereocenters. The molecule has 8 heteroatoms. The summed E-state index contributed by atoms with van der Waals surface area (Å²) in [5, 5.41) is 1.13. The monoisotopic (exact) mass is 444 g/mol. The Labute approximate surface area is 180 Å². The minimum Gasteiger partial charge on any atom is -0.497 e. The molecule has 0 aliphatic carbocycles. The molecule has 4 rings (SSSR count). The van der Waals surface area contributed by atoms with E-state index in [0.717, 1.165) is 23.4 Å². The predicted molar refractivity (Wildman–Crippen MR) is 118 cm³/mol. The topological polar surface area (TPSA) is 76.6 Å². The maximum atomic E-state index is 12.6. The third-order valence-electron chi connectivity index (χ3n) is 5.51. The number of amides is 1. The van der Waals surface area contributed by atoms with E-state index in [9.17, 15) is 13.2 Å². The SMILES string of the molecule is COc1ccc(S(=O)(=O)CCC(=O)N2CCC(c3nc4ccccc4s3)CC2)cc1. The predicted octanol–water partition coefficient (Wildman–Crippen LogP) is 3.87.